The standard InChI is InChI=1S/C10H14N4O3/c1-2-3-14(6-8(11)15)9-5-12-7(4-13-9)10(16)17/h4-5H,2-3,6H2,1H3,(H2,11,15)(H,16,17). The molecule has 0 aliphatic rings. The minimum Gasteiger partial charge on any atom is -0.476 e. The van der Waals surface area contributed by atoms with Crippen molar-refractivity contribution in [3.63, 3.8) is 0 Å². The number of carbonyl (C=O) groups is 2. The van der Waals surface area contributed by atoms with Gasteiger partial charge < -0.3 is 15.7 Å². The topological polar surface area (TPSA) is 109 Å². The van der Waals surface area contributed by atoms with E-state index in [4.69, 9.17) is 10.8 Å². The van der Waals surface area contributed by atoms with Crippen molar-refractivity contribution in [3.05, 3.63) is 18.1 Å². The smallest absolute Gasteiger partial charge is 0.356 e. The highest BCUT2D eigenvalue weighted by molar-refractivity contribution is 5.85. The van der Waals surface area contributed by atoms with Crippen LogP contribution in [0, 0.1) is 0 Å². The molecule has 7 heteroatoms. The van der Waals surface area contributed by atoms with Gasteiger partial charge in [0.25, 0.3) is 0 Å². The first-order valence-electron chi connectivity index (χ1n) is 5.13. The minimum atomic E-state index is -1.14. The monoisotopic (exact) mass is 238 g/mol. The number of nitrogens with zero attached hydrogens (tertiary/aromatic N) is 3. The molecule has 0 radical (unpaired) electrons. The lowest BCUT2D eigenvalue weighted by molar-refractivity contribution is -0.116. The molecule has 17 heavy (non-hydrogen) atoms. The zero-order chi connectivity index (χ0) is 12.8. The SMILES string of the molecule is CCCN(CC(N)=O)c1cnc(C(=O)O)cn1. The van der Waals surface area contributed by atoms with Crippen LogP contribution in [0.1, 0.15) is 23.8 Å². The van der Waals surface area contributed by atoms with Crippen molar-refractivity contribution in [1.82, 2.24) is 9.97 Å². The second kappa shape index (κ2) is 5.78. The Morgan fingerprint density at radius 1 is 1.41 bits per heavy atom. The molecule has 0 aliphatic heterocycles. The maximum absolute atomic E-state index is 10.9. The maximum atomic E-state index is 10.9. The molecule has 7 nitrogen and oxygen atoms in total. The van der Waals surface area contributed by atoms with Crippen LogP contribution in [0.25, 0.3) is 0 Å². The first kappa shape index (κ1) is 12.9. The van der Waals surface area contributed by atoms with E-state index in [2.05, 4.69) is 9.97 Å². The molecule has 1 aromatic heterocycles. The fraction of sp³-hybridized carbons (Fsp3) is 0.400. The molecular weight excluding hydrogens is 224 g/mol. The molecule has 0 fully saturated rings. The summed E-state index contributed by atoms with van der Waals surface area (Å²) in [5.41, 5.74) is 4.98. The third-order valence-electron chi connectivity index (χ3n) is 2.02. The number of nitrogens with two attached hydrogens (primary N) is 1. The molecule has 1 heterocycles. The molecule has 0 atom stereocenters. The zero-order valence-corrected chi connectivity index (χ0v) is 9.46. The highest BCUT2D eigenvalue weighted by atomic mass is 16.4. The highest BCUT2D eigenvalue weighted by Gasteiger charge is 2.12. The second-order valence-corrected chi connectivity index (χ2v) is 3.45. The number of aromatic nitrogens is 2. The summed E-state index contributed by atoms with van der Waals surface area (Å²) in [6.07, 6.45) is 3.29. The molecule has 3 N–H and O–H groups in total. The second-order valence-electron chi connectivity index (χ2n) is 3.45. The fourth-order valence-electron chi connectivity index (χ4n) is 1.33. The van der Waals surface area contributed by atoms with Crippen molar-refractivity contribution in [2.75, 3.05) is 18.0 Å². The van der Waals surface area contributed by atoms with Gasteiger partial charge in [0.05, 0.1) is 18.9 Å². The summed E-state index contributed by atoms with van der Waals surface area (Å²) in [6, 6.07) is 0. The summed E-state index contributed by atoms with van der Waals surface area (Å²) in [7, 11) is 0. The van der Waals surface area contributed by atoms with Gasteiger partial charge in [0.15, 0.2) is 5.69 Å². The molecule has 0 aromatic carbocycles. The van der Waals surface area contributed by atoms with E-state index in [1.165, 1.54) is 6.20 Å². The quantitative estimate of drug-likeness (QED) is 0.714. The number of primary amides is 1. The van der Waals surface area contributed by atoms with Crippen LogP contribution in [0.4, 0.5) is 5.82 Å². The van der Waals surface area contributed by atoms with E-state index in [-0.39, 0.29) is 12.2 Å². The Bertz CT molecular complexity index is 405. The predicted molar refractivity (Wildman–Crippen MR) is 60.7 cm³/mol. The van der Waals surface area contributed by atoms with Gasteiger partial charge in [0.1, 0.15) is 5.82 Å². The molecule has 1 amide bonds. The van der Waals surface area contributed by atoms with Gasteiger partial charge >= 0.3 is 5.97 Å². The number of carboxylic acids is 1. The Morgan fingerprint density at radius 3 is 2.53 bits per heavy atom. The highest BCUT2D eigenvalue weighted by Crippen LogP contribution is 2.09. The summed E-state index contributed by atoms with van der Waals surface area (Å²) in [5.74, 6) is -1.17. The van der Waals surface area contributed by atoms with Gasteiger partial charge in [-0.3, -0.25) is 4.79 Å². The van der Waals surface area contributed by atoms with E-state index in [1.54, 1.807) is 4.90 Å². The Morgan fingerprint density at radius 2 is 2.12 bits per heavy atom. The molecule has 0 saturated carbocycles. The summed E-state index contributed by atoms with van der Waals surface area (Å²) < 4.78 is 0. The van der Waals surface area contributed by atoms with Crippen LogP contribution in [0.3, 0.4) is 0 Å². The Kier molecular flexibility index (Phi) is 4.38. The first-order chi connectivity index (χ1) is 8.04. The number of aromatic carboxylic acids is 1. The number of carbonyl (C=O) groups excluding carboxylic acids is 1. The predicted octanol–water partition coefficient (Wildman–Crippen LogP) is -0.124. The lowest BCUT2D eigenvalue weighted by Gasteiger charge is -2.20. The van der Waals surface area contributed by atoms with Gasteiger partial charge in [-0.1, -0.05) is 6.92 Å². The van der Waals surface area contributed by atoms with E-state index >= 15 is 0 Å². The van der Waals surface area contributed by atoms with E-state index < -0.39 is 11.9 Å². The maximum Gasteiger partial charge on any atom is 0.356 e. The van der Waals surface area contributed by atoms with Crippen molar-refractivity contribution in [1.29, 1.82) is 0 Å². The molecule has 0 bridgehead atoms. The molecule has 0 saturated heterocycles. The molecule has 0 spiro atoms. The first-order valence-corrected chi connectivity index (χ1v) is 5.13. The summed E-state index contributed by atoms with van der Waals surface area (Å²) in [6.45, 7) is 2.59. The van der Waals surface area contributed by atoms with Gasteiger partial charge in [0.2, 0.25) is 5.91 Å². The van der Waals surface area contributed by atoms with Gasteiger partial charge in [-0.25, -0.2) is 14.8 Å². The Labute approximate surface area is 98.3 Å². The Balaban J connectivity index is 2.86. The number of rotatable bonds is 6. The summed E-state index contributed by atoms with van der Waals surface area (Å²) >= 11 is 0. The molecule has 1 rings (SSSR count). The molecule has 0 aliphatic carbocycles. The van der Waals surface area contributed by atoms with Gasteiger partial charge in [-0.15, -0.1) is 0 Å². The summed E-state index contributed by atoms with van der Waals surface area (Å²) in [5, 5.41) is 8.67. The Hall–Kier alpha value is -2.18. The lowest BCUT2D eigenvalue weighted by atomic mass is 10.3. The van der Waals surface area contributed by atoms with Gasteiger partial charge in [-0.05, 0) is 6.42 Å². The van der Waals surface area contributed by atoms with Crippen molar-refractivity contribution in [2.24, 2.45) is 5.73 Å². The van der Waals surface area contributed by atoms with Crippen molar-refractivity contribution < 1.29 is 14.7 Å². The average molecular weight is 238 g/mol. The van der Waals surface area contributed by atoms with Gasteiger partial charge in [-0.2, -0.15) is 0 Å². The molecule has 1 aromatic rings. The van der Waals surface area contributed by atoms with Crippen molar-refractivity contribution >= 4 is 17.7 Å². The van der Waals surface area contributed by atoms with E-state index in [0.717, 1.165) is 12.6 Å². The van der Waals surface area contributed by atoms with E-state index in [0.29, 0.717) is 12.4 Å². The van der Waals surface area contributed by atoms with Crippen LogP contribution >= 0.6 is 0 Å². The van der Waals surface area contributed by atoms with Crippen LogP contribution in [-0.2, 0) is 4.79 Å². The number of amides is 1. The van der Waals surface area contributed by atoms with E-state index in [9.17, 15) is 9.59 Å². The minimum absolute atomic E-state index is 0.0366. The summed E-state index contributed by atoms with van der Waals surface area (Å²) in [4.78, 5) is 30.8. The van der Waals surface area contributed by atoms with E-state index in [1.807, 2.05) is 6.92 Å². The van der Waals surface area contributed by atoms with Crippen LogP contribution in [-0.4, -0.2) is 40.0 Å². The number of hydrogen-bond donors (Lipinski definition) is 2. The fourth-order valence-corrected chi connectivity index (χ4v) is 1.33. The van der Waals surface area contributed by atoms with Gasteiger partial charge in [0, 0.05) is 6.54 Å². The molecular formula is C10H14N4O3. The lowest BCUT2D eigenvalue weighted by Crippen LogP contribution is -2.35. The zero-order valence-electron chi connectivity index (χ0n) is 9.46. The molecule has 0 unspecified atom stereocenters. The van der Waals surface area contributed by atoms with Crippen LogP contribution < -0.4 is 10.6 Å². The number of carboxylic acid groups (broad SMARTS) is 1. The average Bonchev–Trinajstić information content (AvgIpc) is 2.28. The van der Waals surface area contributed by atoms with Crippen molar-refractivity contribution in [2.45, 2.75) is 13.3 Å². The number of hydrogen-bond acceptors (Lipinski definition) is 5. The van der Waals surface area contributed by atoms with Crippen LogP contribution in [0.5, 0.6) is 0 Å². The normalized spacial score (nSPS) is 9.94. The molecule has 92 valence electrons. The van der Waals surface area contributed by atoms with Crippen molar-refractivity contribution in [3.8, 4) is 0 Å². The third kappa shape index (κ3) is 3.71. The third-order valence-corrected chi connectivity index (χ3v) is 2.02. The largest absolute Gasteiger partial charge is 0.476 e. The number of anilines is 1. The van der Waals surface area contributed by atoms with Crippen LogP contribution in [0.15, 0.2) is 12.4 Å². The van der Waals surface area contributed by atoms with Crippen LogP contribution in [0.2, 0.25) is 0 Å².